The van der Waals surface area contributed by atoms with E-state index in [0.717, 1.165) is 24.2 Å². The zero-order valence-electron chi connectivity index (χ0n) is 18.3. The van der Waals surface area contributed by atoms with Crippen LogP contribution in [0.4, 0.5) is 10.6 Å². The lowest BCUT2D eigenvalue weighted by Crippen LogP contribution is -2.43. The Morgan fingerprint density at radius 1 is 1.26 bits per heavy atom. The number of hydrogen-bond acceptors (Lipinski definition) is 7. The average Bonchev–Trinajstić information content (AvgIpc) is 3.14. The number of nitrogen functional groups attached to an aromatic ring is 1. The van der Waals surface area contributed by atoms with Gasteiger partial charge >= 0.3 is 6.09 Å². The van der Waals surface area contributed by atoms with Gasteiger partial charge in [-0.15, -0.1) is 0 Å². The minimum absolute atomic E-state index is 0.0440. The van der Waals surface area contributed by atoms with Crippen LogP contribution in [-0.2, 0) is 4.74 Å². The van der Waals surface area contributed by atoms with E-state index in [0.29, 0.717) is 35.6 Å². The minimum atomic E-state index is -0.538. The Morgan fingerprint density at radius 3 is 2.81 bits per heavy atom. The van der Waals surface area contributed by atoms with Gasteiger partial charge in [0.15, 0.2) is 5.65 Å². The Bertz CT molecular complexity index is 1100. The number of methoxy groups -OCH3 is 1. The van der Waals surface area contributed by atoms with Gasteiger partial charge in [0.05, 0.1) is 18.5 Å². The first-order valence-electron chi connectivity index (χ1n) is 10.4. The number of carbonyl (C=O) groups excluding carboxylic acids is 1. The Hall–Kier alpha value is -3.36. The molecule has 0 aliphatic carbocycles. The molecule has 2 N–H and O–H groups in total. The number of aromatic nitrogens is 4. The lowest BCUT2D eigenvalue weighted by Gasteiger charge is -2.34. The topological polar surface area (TPSA) is 108 Å². The lowest BCUT2D eigenvalue weighted by molar-refractivity contribution is 0.0169. The molecule has 164 valence electrons. The molecule has 0 unspecified atom stereocenters. The fourth-order valence-electron chi connectivity index (χ4n) is 3.87. The first-order chi connectivity index (χ1) is 14.8. The third-order valence-corrected chi connectivity index (χ3v) is 5.26. The van der Waals surface area contributed by atoms with E-state index >= 15 is 0 Å². The molecule has 9 heteroatoms. The Morgan fingerprint density at radius 2 is 2.06 bits per heavy atom. The molecule has 9 nitrogen and oxygen atoms in total. The van der Waals surface area contributed by atoms with Crippen molar-refractivity contribution in [1.82, 2.24) is 24.6 Å². The van der Waals surface area contributed by atoms with Crippen LogP contribution in [0.15, 0.2) is 30.6 Å². The third kappa shape index (κ3) is 4.26. The number of hydrogen-bond donors (Lipinski definition) is 1. The highest BCUT2D eigenvalue weighted by Gasteiger charge is 2.31. The second kappa shape index (κ2) is 8.05. The summed E-state index contributed by atoms with van der Waals surface area (Å²) < 4.78 is 12.8. The summed E-state index contributed by atoms with van der Waals surface area (Å²) in [6.07, 6.45) is 2.85. The summed E-state index contributed by atoms with van der Waals surface area (Å²) >= 11 is 0. The summed E-state index contributed by atoms with van der Waals surface area (Å²) in [6.45, 7) is 6.76. The highest BCUT2D eigenvalue weighted by molar-refractivity contribution is 5.98. The Kier molecular flexibility index (Phi) is 5.43. The van der Waals surface area contributed by atoms with E-state index in [1.807, 2.05) is 49.7 Å². The molecular formula is C22H28N6O3. The molecule has 31 heavy (non-hydrogen) atoms. The van der Waals surface area contributed by atoms with Crippen molar-refractivity contribution < 1.29 is 14.3 Å². The maximum absolute atomic E-state index is 12.6. The molecular weight excluding hydrogens is 396 g/mol. The zero-order valence-corrected chi connectivity index (χ0v) is 18.3. The van der Waals surface area contributed by atoms with Crippen LogP contribution < -0.4 is 10.5 Å². The molecule has 1 aliphatic heterocycles. The van der Waals surface area contributed by atoms with E-state index in [-0.39, 0.29) is 12.1 Å². The number of carbonyl (C=O) groups is 1. The number of amides is 1. The highest BCUT2D eigenvalue weighted by atomic mass is 16.6. The van der Waals surface area contributed by atoms with Gasteiger partial charge in [-0.1, -0.05) is 12.1 Å². The van der Waals surface area contributed by atoms with Crippen LogP contribution in [0, 0.1) is 0 Å². The van der Waals surface area contributed by atoms with Crippen LogP contribution >= 0.6 is 0 Å². The van der Waals surface area contributed by atoms with Gasteiger partial charge in [0.25, 0.3) is 0 Å². The number of piperidine rings is 1. The second-order valence-electron chi connectivity index (χ2n) is 8.71. The SMILES string of the molecule is COc1cccc(-c2nn([C@@H]3CCCN(C(=O)OC(C)(C)C)C3)c3ncnc(N)c23)c1. The predicted octanol–water partition coefficient (Wildman–Crippen LogP) is 3.66. The number of ether oxygens (including phenoxy) is 2. The number of likely N-dealkylation sites (tertiary alicyclic amines) is 1. The van der Waals surface area contributed by atoms with Crippen molar-refractivity contribution in [3.8, 4) is 17.0 Å². The van der Waals surface area contributed by atoms with Crippen molar-refractivity contribution in [2.24, 2.45) is 0 Å². The largest absolute Gasteiger partial charge is 0.497 e. The number of rotatable bonds is 3. The first-order valence-corrected chi connectivity index (χ1v) is 10.4. The monoisotopic (exact) mass is 424 g/mol. The number of benzene rings is 1. The maximum Gasteiger partial charge on any atom is 0.410 e. The molecule has 3 aromatic rings. The van der Waals surface area contributed by atoms with Gasteiger partial charge in [0.2, 0.25) is 0 Å². The number of nitrogens with two attached hydrogens (primary N) is 1. The first kappa shape index (κ1) is 20.9. The Balaban J connectivity index is 1.73. The van der Waals surface area contributed by atoms with Crippen molar-refractivity contribution in [2.45, 2.75) is 45.3 Å². The smallest absolute Gasteiger partial charge is 0.410 e. The summed E-state index contributed by atoms with van der Waals surface area (Å²) in [7, 11) is 1.63. The van der Waals surface area contributed by atoms with Crippen LogP contribution in [0.2, 0.25) is 0 Å². The highest BCUT2D eigenvalue weighted by Crippen LogP contribution is 2.35. The van der Waals surface area contributed by atoms with E-state index in [4.69, 9.17) is 20.3 Å². The van der Waals surface area contributed by atoms with Gasteiger partial charge in [0.1, 0.15) is 29.2 Å². The molecule has 3 heterocycles. The number of anilines is 1. The Labute approximate surface area is 181 Å². The summed E-state index contributed by atoms with van der Waals surface area (Å²) in [6, 6.07) is 7.60. The molecule has 1 aromatic carbocycles. The molecule has 1 aliphatic rings. The van der Waals surface area contributed by atoms with Gasteiger partial charge in [-0.2, -0.15) is 5.10 Å². The normalized spacial score (nSPS) is 17.0. The molecule has 1 amide bonds. The van der Waals surface area contributed by atoms with Crippen molar-refractivity contribution >= 4 is 22.9 Å². The molecule has 0 bridgehead atoms. The number of nitrogens with zero attached hydrogens (tertiary/aromatic N) is 5. The molecule has 0 radical (unpaired) electrons. The predicted molar refractivity (Wildman–Crippen MR) is 118 cm³/mol. The standard InChI is InChI=1S/C22H28N6O3/c1-22(2,3)31-21(29)27-10-6-8-15(12-27)28-20-17(19(23)24-13-25-20)18(26-28)14-7-5-9-16(11-14)30-4/h5,7,9,11,13,15H,6,8,10,12H2,1-4H3,(H2,23,24,25)/t15-/m1/s1. The minimum Gasteiger partial charge on any atom is -0.497 e. The molecule has 0 saturated carbocycles. The molecule has 0 spiro atoms. The summed E-state index contributed by atoms with van der Waals surface area (Å²) in [5.74, 6) is 1.10. The van der Waals surface area contributed by atoms with Gasteiger partial charge in [0, 0.05) is 18.7 Å². The van der Waals surface area contributed by atoms with E-state index in [9.17, 15) is 4.79 Å². The van der Waals surface area contributed by atoms with Crippen LogP contribution in [0.1, 0.15) is 39.7 Å². The molecule has 1 fully saturated rings. The molecule has 1 saturated heterocycles. The molecule has 4 rings (SSSR count). The van der Waals surface area contributed by atoms with Crippen molar-refractivity contribution in [1.29, 1.82) is 0 Å². The molecule has 2 aromatic heterocycles. The average molecular weight is 425 g/mol. The van der Waals surface area contributed by atoms with Crippen LogP contribution in [0.25, 0.3) is 22.3 Å². The fraction of sp³-hybridized carbons (Fsp3) is 0.455. The van der Waals surface area contributed by atoms with Crippen molar-refractivity contribution in [3.63, 3.8) is 0 Å². The van der Waals surface area contributed by atoms with Gasteiger partial charge < -0.3 is 20.1 Å². The van der Waals surface area contributed by atoms with Gasteiger partial charge in [-0.3, -0.25) is 0 Å². The summed E-state index contributed by atoms with van der Waals surface area (Å²) in [4.78, 5) is 23.0. The van der Waals surface area contributed by atoms with Crippen LogP contribution in [-0.4, -0.2) is 56.5 Å². The zero-order chi connectivity index (χ0) is 22.2. The van der Waals surface area contributed by atoms with Crippen molar-refractivity contribution in [2.75, 3.05) is 25.9 Å². The summed E-state index contributed by atoms with van der Waals surface area (Å²) in [5, 5.41) is 5.59. The van der Waals surface area contributed by atoms with Gasteiger partial charge in [-0.05, 0) is 45.7 Å². The van der Waals surface area contributed by atoms with Crippen molar-refractivity contribution in [3.05, 3.63) is 30.6 Å². The van der Waals surface area contributed by atoms with Crippen LogP contribution in [0.3, 0.4) is 0 Å². The molecule has 1 atom stereocenters. The van der Waals surface area contributed by atoms with E-state index < -0.39 is 5.60 Å². The maximum atomic E-state index is 12.6. The van der Waals surface area contributed by atoms with E-state index in [1.54, 1.807) is 12.0 Å². The van der Waals surface area contributed by atoms with Crippen LogP contribution in [0.5, 0.6) is 5.75 Å². The summed E-state index contributed by atoms with van der Waals surface area (Å²) in [5.41, 5.74) is 7.91. The quantitative estimate of drug-likeness (QED) is 0.683. The fourth-order valence-corrected chi connectivity index (χ4v) is 3.87. The van der Waals surface area contributed by atoms with E-state index in [2.05, 4.69) is 9.97 Å². The number of fused-ring (bicyclic) bond motifs is 1. The van der Waals surface area contributed by atoms with E-state index in [1.165, 1.54) is 6.33 Å². The van der Waals surface area contributed by atoms with Gasteiger partial charge in [-0.25, -0.2) is 19.4 Å². The third-order valence-electron chi connectivity index (χ3n) is 5.26. The lowest BCUT2D eigenvalue weighted by atomic mass is 10.1. The second-order valence-corrected chi connectivity index (χ2v) is 8.71.